The fraction of sp³-hybridized carbons (Fsp3) is 0.371. The minimum absolute atomic E-state index is 0. The number of benzene rings is 4. The molecule has 0 spiro atoms. The van der Waals surface area contributed by atoms with E-state index >= 15 is 0 Å². The molecule has 0 nitrogen and oxygen atoms in total. The molecule has 4 aromatic rings. The van der Waals surface area contributed by atoms with Crippen molar-refractivity contribution in [1.29, 1.82) is 0 Å². The summed E-state index contributed by atoms with van der Waals surface area (Å²) in [6.45, 7) is 9.77. The van der Waals surface area contributed by atoms with Gasteiger partial charge in [0.2, 0.25) is 0 Å². The topological polar surface area (TPSA) is 0 Å². The number of halogens is 4. The van der Waals surface area contributed by atoms with E-state index in [-0.39, 0.29) is 29.7 Å². The van der Waals surface area contributed by atoms with Crippen LogP contribution in [0.5, 0.6) is 0 Å². The van der Waals surface area contributed by atoms with Gasteiger partial charge in [0.05, 0.1) is 0 Å². The van der Waals surface area contributed by atoms with E-state index in [1.807, 2.05) is 0 Å². The summed E-state index contributed by atoms with van der Waals surface area (Å²) in [6.07, 6.45) is 43.3. The van der Waals surface area contributed by atoms with Gasteiger partial charge >= 0.3 is 75.7 Å². The van der Waals surface area contributed by atoms with Gasteiger partial charge in [-0.05, 0) is 166 Å². The fourth-order valence-electron chi connectivity index (χ4n) is 15.5. The Morgan fingerprint density at radius 2 is 0.579 bits per heavy atom. The SMILES string of the molecule is CC(C)C1CC2C=CC=CC2C1c1ccccc1C1CC2C=CC=CC2C1c1ccccc1.CC(C)C1CC2C=CC=CC2C1c1ccccc1C1CC2C=CC=CC2C1c1ccccc1.[CH3-].[CH3-].[CH3-].[CH3-].[Cl][Zr+2][Cl].[Cl][Zr+2][Cl]. The van der Waals surface area contributed by atoms with Crippen molar-refractivity contribution in [2.24, 2.45) is 71.0 Å². The van der Waals surface area contributed by atoms with Crippen LogP contribution in [0.1, 0.15) is 122 Å². The number of rotatable bonds is 8. The molecule has 0 saturated heterocycles. The Morgan fingerprint density at radius 1 is 0.329 bits per heavy atom. The monoisotopic (exact) mass is 1240 g/mol. The van der Waals surface area contributed by atoms with E-state index in [0.717, 1.165) is 11.8 Å². The van der Waals surface area contributed by atoms with Crippen LogP contribution in [0, 0.1) is 101 Å². The summed E-state index contributed by atoms with van der Waals surface area (Å²) >= 11 is -1.65. The molecular formula is C70H84Cl4Zr2. The van der Waals surface area contributed by atoms with Crippen molar-refractivity contribution in [3.05, 3.63) is 269 Å². The van der Waals surface area contributed by atoms with Gasteiger partial charge in [0.25, 0.3) is 0 Å². The molecule has 76 heavy (non-hydrogen) atoms. The zero-order chi connectivity index (χ0) is 50.1. The van der Waals surface area contributed by atoms with Gasteiger partial charge in [0, 0.05) is 0 Å². The van der Waals surface area contributed by atoms with Gasteiger partial charge in [-0.3, -0.25) is 0 Å². The van der Waals surface area contributed by atoms with Crippen LogP contribution >= 0.6 is 34.1 Å². The molecule has 0 heterocycles. The number of fused-ring (bicyclic) bond motifs is 4. The molecule has 4 aromatic carbocycles. The van der Waals surface area contributed by atoms with Gasteiger partial charge in [-0.1, -0.05) is 234 Å². The first-order valence-electron chi connectivity index (χ1n) is 26.9. The van der Waals surface area contributed by atoms with Crippen LogP contribution < -0.4 is 0 Å². The third-order valence-corrected chi connectivity index (χ3v) is 18.4. The molecule has 0 N–H and O–H groups in total. The summed E-state index contributed by atoms with van der Waals surface area (Å²) in [5, 5.41) is 0. The average Bonchev–Trinajstić information content (AvgIpc) is 4.21. The van der Waals surface area contributed by atoms with Crippen LogP contribution in [-0.4, -0.2) is 0 Å². The Labute approximate surface area is 500 Å². The van der Waals surface area contributed by atoms with E-state index in [0.29, 0.717) is 94.7 Å². The van der Waals surface area contributed by atoms with Gasteiger partial charge in [0.15, 0.2) is 0 Å². The van der Waals surface area contributed by atoms with Crippen molar-refractivity contribution in [1.82, 2.24) is 0 Å². The molecule has 4 fully saturated rings. The molecule has 400 valence electrons. The van der Waals surface area contributed by atoms with E-state index in [1.54, 1.807) is 22.3 Å². The molecule has 6 heteroatoms. The fourth-order valence-corrected chi connectivity index (χ4v) is 15.5. The summed E-state index contributed by atoms with van der Waals surface area (Å²) in [5.41, 5.74) is 9.55. The van der Waals surface area contributed by atoms with Crippen LogP contribution in [0.3, 0.4) is 0 Å². The molecular weight excluding hydrogens is 1170 g/mol. The van der Waals surface area contributed by atoms with Crippen LogP contribution in [0.2, 0.25) is 0 Å². The maximum absolute atomic E-state index is 4.93. The molecule has 8 aliphatic rings. The molecule has 0 aromatic heterocycles. The normalized spacial score (nSPS) is 31.8. The maximum atomic E-state index is 4.93. The van der Waals surface area contributed by atoms with Gasteiger partial charge < -0.3 is 29.7 Å². The molecule has 0 amide bonds. The average molecular weight is 1250 g/mol. The standard InChI is InChI=1S/2C33H36.4CH3.4ClH.2Zr/c2*1-22(2)30-20-24-14-7-9-17-27(24)33(30)29-19-11-10-18-28(29)31-21-25-15-6-8-16-26(25)32(31)23-12-4-3-5-13-23;;;;;;;;;;/h2*3-19,22,24-27,30-33H,20-21H2,1-2H3;4*1H3;4*1H;;/q;;4*-1;;;;;2*+4/p-4. The van der Waals surface area contributed by atoms with Crippen molar-refractivity contribution in [2.75, 3.05) is 0 Å². The Hall–Kier alpha value is -2.27. The van der Waals surface area contributed by atoms with E-state index in [2.05, 4.69) is 234 Å². The molecule has 0 bridgehead atoms. The first-order chi connectivity index (χ1) is 35.3. The van der Waals surface area contributed by atoms with Crippen molar-refractivity contribution in [2.45, 2.75) is 88.9 Å². The third-order valence-electron chi connectivity index (χ3n) is 18.4. The molecule has 8 aliphatic carbocycles. The predicted molar refractivity (Wildman–Crippen MR) is 327 cm³/mol. The Morgan fingerprint density at radius 3 is 0.882 bits per heavy atom. The van der Waals surface area contributed by atoms with E-state index < -0.39 is 41.7 Å². The van der Waals surface area contributed by atoms with Crippen molar-refractivity contribution in [3.63, 3.8) is 0 Å². The third kappa shape index (κ3) is 14.1. The first kappa shape index (κ1) is 64.5. The summed E-state index contributed by atoms with van der Waals surface area (Å²) in [4.78, 5) is 0. The van der Waals surface area contributed by atoms with Crippen LogP contribution in [0.15, 0.2) is 206 Å². The van der Waals surface area contributed by atoms with E-state index in [9.17, 15) is 0 Å². The summed E-state index contributed by atoms with van der Waals surface area (Å²) < 4.78 is 0. The zero-order valence-corrected chi connectivity index (χ0v) is 54.3. The number of allylic oxidation sites excluding steroid dienone is 16. The molecule has 12 rings (SSSR count). The number of hydrogen-bond donors (Lipinski definition) is 0. The predicted octanol–water partition coefficient (Wildman–Crippen LogP) is 21.4. The minimum atomic E-state index is -0.826. The van der Waals surface area contributed by atoms with Crippen molar-refractivity contribution in [3.8, 4) is 0 Å². The summed E-state index contributed by atoms with van der Waals surface area (Å²) in [5.74, 6) is 11.6. The molecule has 4 saturated carbocycles. The molecule has 0 radical (unpaired) electrons. The van der Waals surface area contributed by atoms with Gasteiger partial charge in [-0.25, -0.2) is 0 Å². The van der Waals surface area contributed by atoms with E-state index in [1.165, 1.54) is 36.8 Å². The first-order valence-corrected chi connectivity index (χ1v) is 39.5. The van der Waals surface area contributed by atoms with Crippen molar-refractivity contribution < 1.29 is 41.7 Å². The quantitative estimate of drug-likeness (QED) is 0.154. The summed E-state index contributed by atoms with van der Waals surface area (Å²) in [7, 11) is 19.7. The van der Waals surface area contributed by atoms with Crippen molar-refractivity contribution >= 4 is 34.1 Å². The zero-order valence-electron chi connectivity index (χ0n) is 46.4. The van der Waals surface area contributed by atoms with Crippen LogP contribution in [0.4, 0.5) is 0 Å². The Bertz CT molecular complexity index is 2440. The van der Waals surface area contributed by atoms with Gasteiger partial charge in [0.1, 0.15) is 0 Å². The second-order valence-corrected chi connectivity index (χ2v) is 29.8. The van der Waals surface area contributed by atoms with E-state index in [4.69, 9.17) is 34.1 Å². The molecule has 16 atom stereocenters. The van der Waals surface area contributed by atoms with Crippen LogP contribution in [0.25, 0.3) is 0 Å². The van der Waals surface area contributed by atoms with Gasteiger partial charge in [-0.15, -0.1) is 0 Å². The van der Waals surface area contributed by atoms with Crippen LogP contribution in [-0.2, 0) is 41.7 Å². The second-order valence-electron chi connectivity index (χ2n) is 22.3. The molecule has 0 aliphatic heterocycles. The molecule has 16 unspecified atom stereocenters. The number of hydrogen-bond acceptors (Lipinski definition) is 0. The van der Waals surface area contributed by atoms with Gasteiger partial charge in [-0.2, -0.15) is 0 Å². The second kappa shape index (κ2) is 31.1. The Balaban J connectivity index is 0.000000243. The summed E-state index contributed by atoms with van der Waals surface area (Å²) in [6, 6.07) is 41.8. The Kier molecular flexibility index (Phi) is 26.4.